The lowest BCUT2D eigenvalue weighted by Gasteiger charge is -2.25. The lowest BCUT2D eigenvalue weighted by atomic mass is 10.2. The average Bonchev–Trinajstić information content (AvgIpc) is 2.89. The lowest BCUT2D eigenvalue weighted by molar-refractivity contribution is -0.393. The van der Waals surface area contributed by atoms with Gasteiger partial charge in [-0.05, 0) is 48.4 Å². The van der Waals surface area contributed by atoms with Crippen LogP contribution in [0.2, 0.25) is 0 Å². The van der Waals surface area contributed by atoms with Crippen LogP contribution >= 0.6 is 0 Å². The van der Waals surface area contributed by atoms with Crippen molar-refractivity contribution in [1.82, 2.24) is 0 Å². The molecule has 0 saturated carbocycles. The molecule has 0 unspecified atom stereocenters. The van der Waals surface area contributed by atoms with E-state index in [0.717, 1.165) is 29.0 Å². The largest absolute Gasteiger partial charge is 0.461 e. The van der Waals surface area contributed by atoms with E-state index in [4.69, 9.17) is 4.74 Å². The minimum absolute atomic E-state index is 0.0985. The number of nitro benzene ring substituents is 2. The molecule has 0 atom stereocenters. The van der Waals surface area contributed by atoms with Gasteiger partial charge in [0.25, 0.3) is 5.69 Å². The Bertz CT molecular complexity index is 1310. The Hall–Kier alpha value is -4.93. The maximum atomic E-state index is 12.1. The molecule has 0 spiro atoms. The fourth-order valence-corrected chi connectivity index (χ4v) is 3.30. The molecule has 0 aliphatic carbocycles. The summed E-state index contributed by atoms with van der Waals surface area (Å²) in [5.41, 5.74) is 2.07. The van der Waals surface area contributed by atoms with Crippen LogP contribution in [0.5, 0.6) is 0 Å². The number of carbonyl (C=O) groups excluding carboxylic acids is 1. The van der Waals surface area contributed by atoms with Gasteiger partial charge in [0, 0.05) is 24.8 Å². The molecule has 0 aromatic heterocycles. The highest BCUT2D eigenvalue weighted by atomic mass is 16.6. The third-order valence-electron chi connectivity index (χ3n) is 5.14. The molecule has 0 aliphatic heterocycles. The third kappa shape index (κ3) is 8.06. The Balaban J connectivity index is 1.77. The maximum Gasteiger partial charge on any atom is 0.307 e. The number of anilines is 1. The van der Waals surface area contributed by atoms with Crippen molar-refractivity contribution < 1.29 is 19.4 Å². The van der Waals surface area contributed by atoms with Crippen LogP contribution in [-0.2, 0) is 16.1 Å². The number of hydrogen-bond acceptors (Lipinski definition) is 9. The van der Waals surface area contributed by atoms with Crippen molar-refractivity contribution in [2.45, 2.75) is 19.9 Å². The van der Waals surface area contributed by atoms with E-state index >= 15 is 0 Å². The van der Waals surface area contributed by atoms with E-state index in [0.29, 0.717) is 18.8 Å². The summed E-state index contributed by atoms with van der Waals surface area (Å²) in [6, 6.07) is 19.9. The predicted molar refractivity (Wildman–Crippen MR) is 138 cm³/mol. The summed E-state index contributed by atoms with van der Waals surface area (Å²) in [4.78, 5) is 34.9. The van der Waals surface area contributed by atoms with E-state index in [-0.39, 0.29) is 24.7 Å². The van der Waals surface area contributed by atoms with Gasteiger partial charge >= 0.3 is 11.7 Å². The summed E-state index contributed by atoms with van der Waals surface area (Å²) in [5.74, 6) is -0.323. The zero-order valence-corrected chi connectivity index (χ0v) is 20.1. The number of benzene rings is 3. The zero-order chi connectivity index (χ0) is 26.8. The highest BCUT2D eigenvalue weighted by Gasteiger charge is 2.19. The Labute approximate surface area is 213 Å². The first-order valence-corrected chi connectivity index (χ1v) is 11.3. The highest BCUT2D eigenvalue weighted by Crippen LogP contribution is 2.33. The van der Waals surface area contributed by atoms with Crippen LogP contribution in [0.3, 0.4) is 0 Å². The molecule has 11 heteroatoms. The monoisotopic (exact) mass is 503 g/mol. The second kappa shape index (κ2) is 12.7. The summed E-state index contributed by atoms with van der Waals surface area (Å²) in [6.07, 6.45) is 0.186. The van der Waals surface area contributed by atoms with Gasteiger partial charge in [-0.25, -0.2) is 0 Å². The molecule has 0 radical (unpaired) electrons. The van der Waals surface area contributed by atoms with Crippen LogP contribution < -0.4 is 4.90 Å². The second-order valence-electron chi connectivity index (χ2n) is 8.18. The van der Waals surface area contributed by atoms with Crippen molar-refractivity contribution >= 4 is 34.4 Å². The van der Waals surface area contributed by atoms with Crippen LogP contribution in [0.4, 0.5) is 28.4 Å². The number of hydrogen-bond donors (Lipinski definition) is 0. The van der Waals surface area contributed by atoms with E-state index in [1.807, 2.05) is 35.2 Å². The smallest absolute Gasteiger partial charge is 0.307 e. The number of ether oxygens (including phenoxy) is 1. The van der Waals surface area contributed by atoms with E-state index in [1.165, 1.54) is 6.07 Å². The first-order valence-electron chi connectivity index (χ1n) is 11.3. The average molecular weight is 504 g/mol. The van der Waals surface area contributed by atoms with E-state index in [9.17, 15) is 25.0 Å². The topological polar surface area (TPSA) is 141 Å². The van der Waals surface area contributed by atoms with E-state index < -0.39 is 21.2 Å². The van der Waals surface area contributed by atoms with Gasteiger partial charge in [0.05, 0.1) is 28.0 Å². The fraction of sp³-hybridized carbons (Fsp3) is 0.192. The first kappa shape index (κ1) is 26.7. The SMILES string of the molecule is C=C(C)COC(=O)CCN(Cc1ccccc1)c1ccc(N=Nc2ccc([N+](=O)[O-])cc2[N+](=O)[O-])cc1. The van der Waals surface area contributed by atoms with Crippen molar-refractivity contribution in [3.05, 3.63) is 111 Å². The molecule has 3 aromatic carbocycles. The molecule has 3 aromatic rings. The normalized spacial score (nSPS) is 10.7. The Morgan fingerprint density at radius 1 is 0.973 bits per heavy atom. The molecule has 0 N–H and O–H groups in total. The molecule has 190 valence electrons. The number of nitrogens with zero attached hydrogens (tertiary/aromatic N) is 5. The van der Waals surface area contributed by atoms with Crippen molar-refractivity contribution in [1.29, 1.82) is 0 Å². The minimum Gasteiger partial charge on any atom is -0.461 e. The minimum atomic E-state index is -0.743. The Morgan fingerprint density at radius 2 is 1.68 bits per heavy atom. The molecular formula is C26H25N5O6. The van der Waals surface area contributed by atoms with Crippen LogP contribution in [0.1, 0.15) is 18.9 Å². The molecule has 0 aliphatic rings. The zero-order valence-electron chi connectivity index (χ0n) is 20.1. The lowest BCUT2D eigenvalue weighted by Crippen LogP contribution is -2.26. The van der Waals surface area contributed by atoms with Crippen LogP contribution in [0, 0.1) is 20.2 Å². The molecule has 0 heterocycles. The van der Waals surface area contributed by atoms with Crippen molar-refractivity contribution in [3.63, 3.8) is 0 Å². The number of carbonyl (C=O) groups is 1. The number of nitro groups is 2. The molecular weight excluding hydrogens is 478 g/mol. The fourth-order valence-electron chi connectivity index (χ4n) is 3.30. The van der Waals surface area contributed by atoms with Crippen molar-refractivity contribution in [3.8, 4) is 0 Å². The second-order valence-corrected chi connectivity index (χ2v) is 8.18. The Morgan fingerprint density at radius 3 is 2.30 bits per heavy atom. The number of non-ortho nitro benzene ring substituents is 1. The third-order valence-corrected chi connectivity index (χ3v) is 5.14. The summed E-state index contributed by atoms with van der Waals surface area (Å²) in [5, 5.41) is 30.2. The number of rotatable bonds is 12. The molecule has 11 nitrogen and oxygen atoms in total. The van der Waals surface area contributed by atoms with Crippen molar-refractivity contribution in [2.75, 3.05) is 18.1 Å². The molecule has 37 heavy (non-hydrogen) atoms. The van der Waals surface area contributed by atoms with Gasteiger partial charge in [-0.15, -0.1) is 5.11 Å². The summed E-state index contributed by atoms with van der Waals surface area (Å²) in [6.45, 7) is 6.67. The number of esters is 1. The summed E-state index contributed by atoms with van der Waals surface area (Å²) >= 11 is 0. The van der Waals surface area contributed by atoms with Gasteiger partial charge in [0.2, 0.25) is 0 Å². The molecule has 0 fully saturated rings. The van der Waals surface area contributed by atoms with Gasteiger partial charge in [-0.3, -0.25) is 25.0 Å². The highest BCUT2D eigenvalue weighted by molar-refractivity contribution is 5.70. The standard InChI is InChI=1S/C26H25N5O6/c1-19(2)18-37-26(32)14-15-29(17-20-6-4-3-5-7-20)22-10-8-21(9-11-22)27-28-24-13-12-23(30(33)34)16-25(24)31(35)36/h3-13,16H,1,14-15,17-18H2,2H3. The van der Waals surface area contributed by atoms with E-state index in [1.54, 1.807) is 31.2 Å². The summed E-state index contributed by atoms with van der Waals surface area (Å²) in [7, 11) is 0. The molecule has 0 bridgehead atoms. The van der Waals surface area contributed by atoms with Gasteiger partial charge < -0.3 is 9.64 Å². The first-order chi connectivity index (χ1) is 17.7. The van der Waals surface area contributed by atoms with Gasteiger partial charge in [0.15, 0.2) is 5.69 Å². The Kier molecular flexibility index (Phi) is 9.14. The van der Waals surface area contributed by atoms with Crippen LogP contribution in [-0.4, -0.2) is 29.0 Å². The number of azo groups is 1. The van der Waals surface area contributed by atoms with Gasteiger partial charge in [-0.1, -0.05) is 36.9 Å². The molecule has 0 amide bonds. The van der Waals surface area contributed by atoms with Gasteiger partial charge in [-0.2, -0.15) is 5.11 Å². The predicted octanol–water partition coefficient (Wildman–Crippen LogP) is 6.43. The van der Waals surface area contributed by atoms with Crippen LogP contribution in [0.15, 0.2) is 95.2 Å². The molecule has 0 saturated heterocycles. The van der Waals surface area contributed by atoms with E-state index in [2.05, 4.69) is 16.8 Å². The van der Waals surface area contributed by atoms with Gasteiger partial charge in [0.1, 0.15) is 6.61 Å². The van der Waals surface area contributed by atoms with Crippen molar-refractivity contribution in [2.24, 2.45) is 10.2 Å². The summed E-state index contributed by atoms with van der Waals surface area (Å²) < 4.78 is 5.20. The quantitative estimate of drug-likeness (QED) is 0.0911. The van der Waals surface area contributed by atoms with Crippen LogP contribution in [0.25, 0.3) is 0 Å². The molecule has 3 rings (SSSR count). The maximum absolute atomic E-state index is 12.1.